The van der Waals surface area contributed by atoms with Gasteiger partial charge in [-0.3, -0.25) is 19.3 Å². The Balaban J connectivity index is 2.01. The second-order valence-electron chi connectivity index (χ2n) is 6.55. The van der Waals surface area contributed by atoms with E-state index < -0.39 is 18.0 Å². The van der Waals surface area contributed by atoms with E-state index >= 15 is 0 Å². The number of fused-ring (bicyclic) bond motifs is 1. The molecule has 1 aliphatic heterocycles. The first-order valence-electron chi connectivity index (χ1n) is 8.50. The zero-order valence-corrected chi connectivity index (χ0v) is 15.5. The number of aromatic nitrogens is 1. The molecule has 0 bridgehead atoms. The van der Waals surface area contributed by atoms with Gasteiger partial charge in [-0.15, -0.1) is 0 Å². The van der Waals surface area contributed by atoms with Gasteiger partial charge in [0.15, 0.2) is 0 Å². The standard InChI is InChI=1S/C18H20ClN3O5/c1-11(23)20-4-6-21(7-5-20)17(18(26)27)14-9-22(10-16(24)25)15-8-12(19)2-3-13(14)15/h2-3,8-9,17H,4-7,10H2,1H3,(H,24,25)(H,26,27)/t17-/m1/s1. The molecule has 1 fully saturated rings. The van der Waals surface area contributed by atoms with Crippen LogP contribution < -0.4 is 0 Å². The fourth-order valence-corrected chi connectivity index (χ4v) is 3.74. The summed E-state index contributed by atoms with van der Waals surface area (Å²) >= 11 is 6.05. The Labute approximate surface area is 160 Å². The van der Waals surface area contributed by atoms with Gasteiger partial charge in [0.2, 0.25) is 5.91 Å². The molecular weight excluding hydrogens is 374 g/mol. The first-order valence-corrected chi connectivity index (χ1v) is 8.88. The Hall–Kier alpha value is -2.58. The molecule has 2 aromatic rings. The van der Waals surface area contributed by atoms with Gasteiger partial charge in [-0.1, -0.05) is 17.7 Å². The Morgan fingerprint density at radius 3 is 2.37 bits per heavy atom. The van der Waals surface area contributed by atoms with E-state index in [1.807, 2.05) is 0 Å². The number of carbonyl (C=O) groups excluding carboxylic acids is 1. The number of piperazine rings is 1. The highest BCUT2D eigenvalue weighted by Crippen LogP contribution is 2.32. The van der Waals surface area contributed by atoms with Crippen LogP contribution in [0, 0.1) is 0 Å². The molecule has 3 rings (SSSR count). The maximum Gasteiger partial charge on any atom is 0.325 e. The van der Waals surface area contributed by atoms with Crippen molar-refractivity contribution in [1.82, 2.24) is 14.4 Å². The third kappa shape index (κ3) is 3.91. The van der Waals surface area contributed by atoms with Crippen molar-refractivity contribution in [2.45, 2.75) is 19.5 Å². The Morgan fingerprint density at radius 1 is 1.15 bits per heavy atom. The van der Waals surface area contributed by atoms with Crippen molar-refractivity contribution in [3.05, 3.63) is 35.0 Å². The minimum absolute atomic E-state index is 0.0331. The van der Waals surface area contributed by atoms with E-state index in [2.05, 4.69) is 0 Å². The van der Waals surface area contributed by atoms with Crippen LogP contribution in [-0.4, -0.2) is 68.6 Å². The summed E-state index contributed by atoms with van der Waals surface area (Å²) in [6, 6.07) is 4.08. The number of nitrogens with zero attached hydrogens (tertiary/aromatic N) is 3. The third-order valence-corrected chi connectivity index (χ3v) is 5.07. The second-order valence-corrected chi connectivity index (χ2v) is 6.99. The summed E-state index contributed by atoms with van der Waals surface area (Å²) in [5, 5.41) is 20.1. The molecule has 1 amide bonds. The van der Waals surface area contributed by atoms with Crippen molar-refractivity contribution in [3.63, 3.8) is 0 Å². The number of benzene rings is 1. The summed E-state index contributed by atoms with van der Waals surface area (Å²) in [6.45, 7) is 2.97. The lowest BCUT2D eigenvalue weighted by atomic mass is 10.0. The molecular formula is C18H20ClN3O5. The van der Waals surface area contributed by atoms with Crippen molar-refractivity contribution in [2.24, 2.45) is 0 Å². The SMILES string of the molecule is CC(=O)N1CCN([C@@H](C(=O)O)c2cn(CC(=O)O)c3cc(Cl)ccc23)CC1. The number of hydrogen-bond acceptors (Lipinski definition) is 4. The molecule has 0 saturated carbocycles. The smallest absolute Gasteiger partial charge is 0.325 e. The molecule has 144 valence electrons. The van der Waals surface area contributed by atoms with E-state index in [1.54, 1.807) is 34.2 Å². The first kappa shape index (κ1) is 19.2. The summed E-state index contributed by atoms with van der Waals surface area (Å²) in [5.41, 5.74) is 1.10. The lowest BCUT2D eigenvalue weighted by molar-refractivity contribution is -0.145. The second kappa shape index (κ2) is 7.58. The van der Waals surface area contributed by atoms with Crippen LogP contribution in [0.2, 0.25) is 5.02 Å². The molecule has 8 nitrogen and oxygen atoms in total. The van der Waals surface area contributed by atoms with Gasteiger partial charge in [-0.05, 0) is 12.1 Å². The van der Waals surface area contributed by atoms with E-state index in [-0.39, 0.29) is 12.5 Å². The van der Waals surface area contributed by atoms with Crippen molar-refractivity contribution >= 4 is 40.3 Å². The van der Waals surface area contributed by atoms with Crippen LogP contribution in [-0.2, 0) is 20.9 Å². The van der Waals surface area contributed by atoms with E-state index in [0.717, 1.165) is 0 Å². The van der Waals surface area contributed by atoms with Crippen molar-refractivity contribution in [2.75, 3.05) is 26.2 Å². The molecule has 1 aromatic heterocycles. The molecule has 1 atom stereocenters. The molecule has 1 aliphatic rings. The quantitative estimate of drug-likeness (QED) is 0.801. The van der Waals surface area contributed by atoms with Gasteiger partial charge in [0.05, 0.1) is 5.52 Å². The fraction of sp³-hybridized carbons (Fsp3) is 0.389. The Bertz CT molecular complexity index is 902. The molecule has 9 heteroatoms. The fourth-order valence-electron chi connectivity index (χ4n) is 3.57. The highest BCUT2D eigenvalue weighted by molar-refractivity contribution is 6.31. The van der Waals surface area contributed by atoms with Gasteiger partial charge in [-0.2, -0.15) is 0 Å². The number of halogens is 1. The molecule has 0 aliphatic carbocycles. The van der Waals surface area contributed by atoms with Gasteiger partial charge in [0, 0.05) is 55.3 Å². The number of carbonyl (C=O) groups is 3. The molecule has 2 heterocycles. The van der Waals surface area contributed by atoms with Crippen LogP contribution in [0.25, 0.3) is 10.9 Å². The minimum atomic E-state index is -1.03. The number of aliphatic carboxylic acids is 2. The molecule has 0 unspecified atom stereocenters. The van der Waals surface area contributed by atoms with Gasteiger partial charge >= 0.3 is 11.9 Å². The number of amides is 1. The van der Waals surface area contributed by atoms with Crippen molar-refractivity contribution < 1.29 is 24.6 Å². The molecule has 1 aromatic carbocycles. The lowest BCUT2D eigenvalue weighted by Gasteiger charge is -2.37. The van der Waals surface area contributed by atoms with Crippen LogP contribution in [0.5, 0.6) is 0 Å². The van der Waals surface area contributed by atoms with Crippen molar-refractivity contribution in [3.8, 4) is 0 Å². The molecule has 2 N–H and O–H groups in total. The van der Waals surface area contributed by atoms with Gasteiger partial charge in [0.1, 0.15) is 12.6 Å². The molecule has 1 saturated heterocycles. The Kier molecular flexibility index (Phi) is 5.38. The predicted molar refractivity (Wildman–Crippen MR) is 98.8 cm³/mol. The normalized spacial score (nSPS) is 16.4. The third-order valence-electron chi connectivity index (χ3n) is 4.83. The number of carboxylic acid groups (broad SMARTS) is 2. The average molecular weight is 394 g/mol. The van der Waals surface area contributed by atoms with Gasteiger partial charge in [0.25, 0.3) is 0 Å². The first-order chi connectivity index (χ1) is 12.8. The molecule has 0 radical (unpaired) electrons. The minimum Gasteiger partial charge on any atom is -0.480 e. The number of carboxylic acids is 2. The highest BCUT2D eigenvalue weighted by Gasteiger charge is 2.33. The van der Waals surface area contributed by atoms with Crippen LogP contribution in [0.1, 0.15) is 18.5 Å². The largest absolute Gasteiger partial charge is 0.480 e. The summed E-state index contributed by atoms with van der Waals surface area (Å²) in [6.07, 6.45) is 1.57. The predicted octanol–water partition coefficient (Wildman–Crippen LogP) is 1.67. The van der Waals surface area contributed by atoms with Crippen LogP contribution in [0.15, 0.2) is 24.4 Å². The summed E-state index contributed by atoms with van der Waals surface area (Å²) < 4.78 is 1.50. The Morgan fingerprint density at radius 2 is 1.81 bits per heavy atom. The summed E-state index contributed by atoms with van der Waals surface area (Å²) in [5.74, 6) is -2.08. The molecule has 27 heavy (non-hydrogen) atoms. The monoisotopic (exact) mass is 393 g/mol. The summed E-state index contributed by atoms with van der Waals surface area (Å²) in [7, 11) is 0. The van der Waals surface area contributed by atoms with E-state index in [1.165, 1.54) is 11.5 Å². The zero-order valence-electron chi connectivity index (χ0n) is 14.8. The van der Waals surface area contributed by atoms with Gasteiger partial charge in [-0.25, -0.2) is 0 Å². The van der Waals surface area contributed by atoms with Gasteiger partial charge < -0.3 is 19.7 Å². The zero-order chi connectivity index (χ0) is 19.7. The molecule has 0 spiro atoms. The van der Waals surface area contributed by atoms with Crippen LogP contribution >= 0.6 is 11.6 Å². The van der Waals surface area contributed by atoms with E-state index in [4.69, 9.17) is 16.7 Å². The topological polar surface area (TPSA) is 103 Å². The summed E-state index contributed by atoms with van der Waals surface area (Å²) in [4.78, 5) is 38.3. The van der Waals surface area contributed by atoms with Crippen LogP contribution in [0.3, 0.4) is 0 Å². The van der Waals surface area contributed by atoms with Crippen molar-refractivity contribution in [1.29, 1.82) is 0 Å². The lowest BCUT2D eigenvalue weighted by Crippen LogP contribution is -2.50. The maximum atomic E-state index is 12.1. The highest BCUT2D eigenvalue weighted by atomic mass is 35.5. The van der Waals surface area contributed by atoms with E-state index in [0.29, 0.717) is 47.7 Å². The van der Waals surface area contributed by atoms with E-state index in [9.17, 15) is 19.5 Å². The number of hydrogen-bond donors (Lipinski definition) is 2. The van der Waals surface area contributed by atoms with Crippen LogP contribution in [0.4, 0.5) is 0 Å². The average Bonchev–Trinajstić information content (AvgIpc) is 2.92. The maximum absolute atomic E-state index is 12.1. The number of rotatable bonds is 5.